The van der Waals surface area contributed by atoms with Crippen LogP contribution in [0.1, 0.15) is 32.0 Å². The number of benzene rings is 1. The molecule has 128 valence electrons. The molecule has 0 aliphatic heterocycles. The fourth-order valence-electron chi connectivity index (χ4n) is 2.20. The Hall–Kier alpha value is -2.47. The molecular weight excluding hydrogens is 304 g/mol. The molecule has 2 amide bonds. The van der Waals surface area contributed by atoms with E-state index in [1.807, 2.05) is 57.2 Å². The Kier molecular flexibility index (Phi) is 5.87. The second-order valence-corrected chi connectivity index (χ2v) is 6.72. The Balaban J connectivity index is 1.91. The number of urea groups is 1. The van der Waals surface area contributed by atoms with Crippen LogP contribution < -0.4 is 10.6 Å². The molecular formula is C18H24N4O2. The number of carbonyl (C=O) groups is 1. The lowest BCUT2D eigenvalue weighted by atomic mass is 9.92. The van der Waals surface area contributed by atoms with Crippen molar-refractivity contribution >= 4 is 11.8 Å². The van der Waals surface area contributed by atoms with E-state index in [1.54, 1.807) is 6.07 Å². The lowest BCUT2D eigenvalue weighted by Crippen LogP contribution is -2.41. The van der Waals surface area contributed by atoms with E-state index in [0.29, 0.717) is 12.2 Å². The van der Waals surface area contributed by atoms with Gasteiger partial charge >= 0.3 is 6.03 Å². The molecule has 0 saturated carbocycles. The van der Waals surface area contributed by atoms with E-state index >= 15 is 0 Å². The molecule has 0 radical (unpaired) electrons. The van der Waals surface area contributed by atoms with Crippen LogP contribution in [0.25, 0.3) is 0 Å². The van der Waals surface area contributed by atoms with Crippen LogP contribution in [0, 0.1) is 0 Å². The summed E-state index contributed by atoms with van der Waals surface area (Å²) < 4.78 is 0. The maximum Gasteiger partial charge on any atom is 0.320 e. The van der Waals surface area contributed by atoms with Crippen molar-refractivity contribution in [3.05, 3.63) is 53.7 Å². The zero-order valence-electron chi connectivity index (χ0n) is 14.3. The number of anilines is 1. The zero-order chi connectivity index (χ0) is 17.6. The number of hydrogen-bond acceptors (Lipinski definition) is 4. The van der Waals surface area contributed by atoms with Crippen LogP contribution in [-0.4, -0.2) is 34.0 Å². The number of rotatable bonds is 5. The number of aromatic nitrogens is 2. The highest BCUT2D eigenvalue weighted by Crippen LogP contribution is 2.19. The lowest BCUT2D eigenvalue weighted by molar-refractivity contribution is 0.224. The van der Waals surface area contributed by atoms with Crippen LogP contribution in [0.5, 0.6) is 0 Å². The van der Waals surface area contributed by atoms with E-state index in [-0.39, 0.29) is 18.1 Å². The SMILES string of the molecule is CC(C)(C)c1ccc(NC(=O)N[C@H](CO)Cc2ccccc2)nn1. The van der Waals surface area contributed by atoms with Gasteiger partial charge in [0.25, 0.3) is 0 Å². The van der Waals surface area contributed by atoms with Gasteiger partial charge in [-0.1, -0.05) is 51.1 Å². The normalized spacial score (nSPS) is 12.5. The molecule has 0 unspecified atom stereocenters. The summed E-state index contributed by atoms with van der Waals surface area (Å²) in [4.78, 5) is 12.1. The minimum Gasteiger partial charge on any atom is -0.394 e. The van der Waals surface area contributed by atoms with E-state index in [9.17, 15) is 9.90 Å². The van der Waals surface area contributed by atoms with Crippen LogP contribution in [0.3, 0.4) is 0 Å². The molecule has 0 aliphatic rings. The molecule has 0 saturated heterocycles. The molecule has 6 heteroatoms. The van der Waals surface area contributed by atoms with Gasteiger partial charge in [-0.3, -0.25) is 5.32 Å². The monoisotopic (exact) mass is 328 g/mol. The number of hydrogen-bond donors (Lipinski definition) is 3. The number of nitrogens with one attached hydrogen (secondary N) is 2. The number of aliphatic hydroxyl groups is 1. The average molecular weight is 328 g/mol. The Morgan fingerprint density at radius 2 is 1.83 bits per heavy atom. The maximum absolute atomic E-state index is 12.1. The highest BCUT2D eigenvalue weighted by atomic mass is 16.3. The summed E-state index contributed by atoms with van der Waals surface area (Å²) in [5, 5.41) is 23.0. The molecule has 6 nitrogen and oxygen atoms in total. The second kappa shape index (κ2) is 7.88. The quantitative estimate of drug-likeness (QED) is 0.787. The first-order valence-corrected chi connectivity index (χ1v) is 7.95. The Bertz CT molecular complexity index is 651. The standard InChI is InChI=1S/C18H24N4O2/c1-18(2,3)15-9-10-16(22-21-15)20-17(24)19-14(12-23)11-13-7-5-4-6-8-13/h4-10,14,23H,11-12H2,1-3H3,(H2,19,20,22,24)/t14-/m0/s1. The third-order valence-electron chi connectivity index (χ3n) is 3.56. The molecule has 1 heterocycles. The summed E-state index contributed by atoms with van der Waals surface area (Å²) in [6.07, 6.45) is 0.555. The molecule has 0 aliphatic carbocycles. The van der Waals surface area contributed by atoms with Gasteiger partial charge in [0.15, 0.2) is 5.82 Å². The molecule has 1 atom stereocenters. The van der Waals surface area contributed by atoms with Gasteiger partial charge in [0.05, 0.1) is 18.3 Å². The predicted octanol–water partition coefficient (Wildman–Crippen LogP) is 2.50. The Labute approximate surface area is 142 Å². The molecule has 2 aromatic rings. The van der Waals surface area contributed by atoms with Crippen LogP contribution in [-0.2, 0) is 11.8 Å². The first-order chi connectivity index (χ1) is 11.4. The van der Waals surface area contributed by atoms with Gasteiger partial charge in [-0.05, 0) is 24.1 Å². The molecule has 0 spiro atoms. The summed E-state index contributed by atoms with van der Waals surface area (Å²) in [5.74, 6) is 0.372. The van der Waals surface area contributed by atoms with Gasteiger partial charge in [0.1, 0.15) is 0 Å². The summed E-state index contributed by atoms with van der Waals surface area (Å²) in [5.41, 5.74) is 1.81. The van der Waals surface area contributed by atoms with E-state index in [1.165, 1.54) is 0 Å². The van der Waals surface area contributed by atoms with Crippen molar-refractivity contribution in [1.82, 2.24) is 15.5 Å². The van der Waals surface area contributed by atoms with Crippen molar-refractivity contribution in [3.8, 4) is 0 Å². The van der Waals surface area contributed by atoms with Gasteiger partial charge in [-0.25, -0.2) is 4.79 Å². The topological polar surface area (TPSA) is 87.1 Å². The van der Waals surface area contributed by atoms with Crippen LogP contribution >= 0.6 is 0 Å². The first kappa shape index (κ1) is 17.9. The van der Waals surface area contributed by atoms with Gasteiger partial charge < -0.3 is 10.4 Å². The van der Waals surface area contributed by atoms with Crippen molar-refractivity contribution < 1.29 is 9.90 Å². The van der Waals surface area contributed by atoms with Gasteiger partial charge in [0, 0.05) is 5.41 Å². The van der Waals surface area contributed by atoms with Crippen LogP contribution in [0.2, 0.25) is 0 Å². The van der Waals surface area contributed by atoms with Gasteiger partial charge in [-0.2, -0.15) is 5.10 Å². The Morgan fingerprint density at radius 1 is 1.12 bits per heavy atom. The number of nitrogens with zero attached hydrogens (tertiary/aromatic N) is 2. The summed E-state index contributed by atoms with van der Waals surface area (Å²) >= 11 is 0. The van der Waals surface area contributed by atoms with Gasteiger partial charge in [0.2, 0.25) is 0 Å². The third kappa shape index (κ3) is 5.31. The predicted molar refractivity (Wildman–Crippen MR) is 93.9 cm³/mol. The second-order valence-electron chi connectivity index (χ2n) is 6.72. The summed E-state index contributed by atoms with van der Waals surface area (Å²) in [7, 11) is 0. The fourth-order valence-corrected chi connectivity index (χ4v) is 2.20. The van der Waals surface area contributed by atoms with E-state index in [0.717, 1.165) is 11.3 Å². The van der Waals surface area contributed by atoms with Crippen molar-refractivity contribution in [2.24, 2.45) is 0 Å². The average Bonchev–Trinajstić information content (AvgIpc) is 2.54. The minimum absolute atomic E-state index is 0.0918. The highest BCUT2D eigenvalue weighted by Gasteiger charge is 2.17. The largest absolute Gasteiger partial charge is 0.394 e. The third-order valence-corrected chi connectivity index (χ3v) is 3.56. The van der Waals surface area contributed by atoms with E-state index in [4.69, 9.17) is 0 Å². The van der Waals surface area contributed by atoms with E-state index < -0.39 is 6.03 Å². The van der Waals surface area contributed by atoms with Crippen molar-refractivity contribution in [3.63, 3.8) is 0 Å². The lowest BCUT2D eigenvalue weighted by Gasteiger charge is -2.18. The van der Waals surface area contributed by atoms with Crippen molar-refractivity contribution in [2.45, 2.75) is 38.6 Å². The fraction of sp³-hybridized carbons (Fsp3) is 0.389. The van der Waals surface area contributed by atoms with Crippen molar-refractivity contribution in [2.75, 3.05) is 11.9 Å². The van der Waals surface area contributed by atoms with Crippen LogP contribution in [0.4, 0.5) is 10.6 Å². The number of amides is 2. The number of carbonyl (C=O) groups excluding carboxylic acids is 1. The van der Waals surface area contributed by atoms with Crippen LogP contribution in [0.15, 0.2) is 42.5 Å². The first-order valence-electron chi connectivity index (χ1n) is 7.95. The summed E-state index contributed by atoms with van der Waals surface area (Å²) in [6, 6.07) is 12.5. The smallest absolute Gasteiger partial charge is 0.320 e. The molecule has 1 aromatic heterocycles. The molecule has 24 heavy (non-hydrogen) atoms. The highest BCUT2D eigenvalue weighted by molar-refractivity contribution is 5.88. The summed E-state index contributed by atoms with van der Waals surface area (Å²) in [6.45, 7) is 6.00. The van der Waals surface area contributed by atoms with Crippen molar-refractivity contribution in [1.29, 1.82) is 0 Å². The maximum atomic E-state index is 12.1. The Morgan fingerprint density at radius 3 is 2.38 bits per heavy atom. The van der Waals surface area contributed by atoms with E-state index in [2.05, 4.69) is 20.8 Å². The molecule has 3 N–H and O–H groups in total. The molecule has 2 rings (SSSR count). The zero-order valence-corrected chi connectivity index (χ0v) is 14.3. The molecule has 0 fully saturated rings. The molecule has 1 aromatic carbocycles. The molecule has 0 bridgehead atoms. The number of aliphatic hydroxyl groups excluding tert-OH is 1. The minimum atomic E-state index is -0.414. The van der Waals surface area contributed by atoms with Gasteiger partial charge in [-0.15, -0.1) is 5.10 Å².